The van der Waals surface area contributed by atoms with Crippen LogP contribution in [0.15, 0.2) is 11.4 Å². The van der Waals surface area contributed by atoms with E-state index < -0.39 is 11.1 Å². The molecule has 0 aliphatic heterocycles. The van der Waals surface area contributed by atoms with Crippen molar-refractivity contribution >= 4 is 11.3 Å². The molecule has 1 aromatic rings. The van der Waals surface area contributed by atoms with Gasteiger partial charge in [0, 0.05) is 5.38 Å². The van der Waals surface area contributed by atoms with Crippen LogP contribution in [0.2, 0.25) is 0 Å². The predicted octanol–water partition coefficient (Wildman–Crippen LogP) is 2.64. The number of nitrogens with zero attached hydrogens (tertiary/aromatic N) is 1. The van der Waals surface area contributed by atoms with Crippen LogP contribution in [0.3, 0.4) is 0 Å². The van der Waals surface area contributed by atoms with E-state index >= 15 is 0 Å². The second-order valence-corrected chi connectivity index (χ2v) is 2.72. The normalized spacial score (nSPS) is 11.1. The molecule has 0 saturated carbocycles. The molecule has 0 radical (unpaired) electrons. The Bertz CT molecular complexity index is 294. The highest BCUT2D eigenvalue weighted by Gasteiger charge is 2.32. The SMILES string of the molecule is N#Cc1csc(C(F)(F)F)c1. The molecule has 0 fully saturated rings. The van der Waals surface area contributed by atoms with Gasteiger partial charge in [0.25, 0.3) is 0 Å². The first-order valence-corrected chi connectivity index (χ1v) is 3.48. The summed E-state index contributed by atoms with van der Waals surface area (Å²) in [6.45, 7) is 0. The number of alkyl halides is 3. The van der Waals surface area contributed by atoms with Gasteiger partial charge in [0.15, 0.2) is 0 Å². The molecule has 0 spiro atoms. The van der Waals surface area contributed by atoms with Gasteiger partial charge in [0.1, 0.15) is 10.9 Å². The van der Waals surface area contributed by atoms with Gasteiger partial charge in [-0.25, -0.2) is 0 Å². The van der Waals surface area contributed by atoms with Crippen LogP contribution < -0.4 is 0 Å². The summed E-state index contributed by atoms with van der Waals surface area (Å²) in [7, 11) is 0. The first-order chi connectivity index (χ1) is 5.04. The van der Waals surface area contributed by atoms with Crippen molar-refractivity contribution in [2.24, 2.45) is 0 Å². The fraction of sp³-hybridized carbons (Fsp3) is 0.167. The lowest BCUT2D eigenvalue weighted by molar-refractivity contribution is -0.134. The minimum Gasteiger partial charge on any atom is -0.192 e. The summed E-state index contributed by atoms with van der Waals surface area (Å²) in [6, 6.07) is 2.47. The molecule has 58 valence electrons. The quantitative estimate of drug-likeness (QED) is 0.597. The minimum atomic E-state index is -4.32. The van der Waals surface area contributed by atoms with E-state index in [1.165, 1.54) is 5.38 Å². The van der Waals surface area contributed by atoms with Gasteiger partial charge in [-0.2, -0.15) is 18.4 Å². The monoisotopic (exact) mass is 177 g/mol. The van der Waals surface area contributed by atoms with Crippen LogP contribution in [0.4, 0.5) is 13.2 Å². The maximum atomic E-state index is 11.8. The smallest absolute Gasteiger partial charge is 0.192 e. The lowest BCUT2D eigenvalue weighted by Crippen LogP contribution is -2.00. The molecule has 0 aliphatic carbocycles. The lowest BCUT2D eigenvalue weighted by atomic mass is 10.3. The maximum Gasteiger partial charge on any atom is 0.425 e. The van der Waals surface area contributed by atoms with Crippen LogP contribution in [-0.4, -0.2) is 0 Å². The Labute approximate surface area is 64.7 Å². The minimum absolute atomic E-state index is 0.0577. The zero-order chi connectivity index (χ0) is 8.48. The molecule has 1 nitrogen and oxygen atoms in total. The molecule has 5 heteroatoms. The van der Waals surface area contributed by atoms with Gasteiger partial charge in [-0.3, -0.25) is 0 Å². The van der Waals surface area contributed by atoms with Gasteiger partial charge >= 0.3 is 6.18 Å². The van der Waals surface area contributed by atoms with Crippen LogP contribution in [0.5, 0.6) is 0 Å². The van der Waals surface area contributed by atoms with E-state index in [2.05, 4.69) is 0 Å². The van der Waals surface area contributed by atoms with Crippen LogP contribution >= 0.6 is 11.3 Å². The van der Waals surface area contributed by atoms with E-state index in [1.807, 2.05) is 0 Å². The Kier molecular flexibility index (Phi) is 1.87. The van der Waals surface area contributed by atoms with Crippen LogP contribution in [0.1, 0.15) is 10.4 Å². The average molecular weight is 177 g/mol. The molecule has 11 heavy (non-hydrogen) atoms. The standard InChI is InChI=1S/C6H2F3NS/c7-6(8,9)5-1-4(2-10)3-11-5/h1,3H. The van der Waals surface area contributed by atoms with Crippen molar-refractivity contribution in [3.05, 3.63) is 21.9 Å². The molecular weight excluding hydrogens is 175 g/mol. The maximum absolute atomic E-state index is 11.8. The number of rotatable bonds is 0. The van der Waals surface area contributed by atoms with E-state index in [9.17, 15) is 13.2 Å². The lowest BCUT2D eigenvalue weighted by Gasteiger charge is -1.99. The van der Waals surface area contributed by atoms with E-state index in [-0.39, 0.29) is 5.56 Å². The van der Waals surface area contributed by atoms with Gasteiger partial charge in [-0.1, -0.05) is 0 Å². The van der Waals surface area contributed by atoms with Crippen molar-refractivity contribution in [2.45, 2.75) is 6.18 Å². The molecule has 1 heterocycles. The van der Waals surface area contributed by atoms with Crippen LogP contribution in [-0.2, 0) is 6.18 Å². The van der Waals surface area contributed by atoms with Crippen molar-refractivity contribution in [2.75, 3.05) is 0 Å². The molecule has 0 atom stereocenters. The highest BCUT2D eigenvalue weighted by Crippen LogP contribution is 2.33. The Morgan fingerprint density at radius 1 is 1.45 bits per heavy atom. The fourth-order valence-electron chi connectivity index (χ4n) is 0.544. The van der Waals surface area contributed by atoms with Crippen molar-refractivity contribution in [3.63, 3.8) is 0 Å². The number of hydrogen-bond donors (Lipinski definition) is 0. The number of nitriles is 1. The van der Waals surface area contributed by atoms with Crippen LogP contribution in [0, 0.1) is 11.3 Å². The highest BCUT2D eigenvalue weighted by atomic mass is 32.1. The second-order valence-electron chi connectivity index (χ2n) is 1.81. The van der Waals surface area contributed by atoms with E-state index in [4.69, 9.17) is 5.26 Å². The van der Waals surface area contributed by atoms with Gasteiger partial charge in [0.05, 0.1) is 5.56 Å². The Hall–Kier alpha value is -1.02. The zero-order valence-electron chi connectivity index (χ0n) is 5.14. The first kappa shape index (κ1) is 8.08. The molecule has 0 N–H and O–H groups in total. The summed E-state index contributed by atoms with van der Waals surface area (Å²) in [4.78, 5) is -0.728. The molecule has 0 aromatic carbocycles. The van der Waals surface area contributed by atoms with Gasteiger partial charge in [0.2, 0.25) is 0 Å². The van der Waals surface area contributed by atoms with Crippen LogP contribution in [0.25, 0.3) is 0 Å². The summed E-state index contributed by atoms with van der Waals surface area (Å²) >= 11 is 0.534. The summed E-state index contributed by atoms with van der Waals surface area (Å²) < 4.78 is 35.5. The first-order valence-electron chi connectivity index (χ1n) is 2.60. The summed E-state index contributed by atoms with van der Waals surface area (Å²) in [5, 5.41) is 9.39. The van der Waals surface area contributed by atoms with Crippen molar-refractivity contribution in [3.8, 4) is 6.07 Å². The topological polar surface area (TPSA) is 23.8 Å². The number of hydrogen-bond acceptors (Lipinski definition) is 2. The third kappa shape index (κ3) is 1.71. The molecule has 0 bridgehead atoms. The summed E-state index contributed by atoms with van der Waals surface area (Å²) in [5.74, 6) is 0. The van der Waals surface area contributed by atoms with Crippen molar-refractivity contribution in [1.29, 1.82) is 5.26 Å². The molecule has 1 aromatic heterocycles. The number of halogens is 3. The average Bonchev–Trinajstić information content (AvgIpc) is 2.32. The van der Waals surface area contributed by atoms with Crippen molar-refractivity contribution in [1.82, 2.24) is 0 Å². The van der Waals surface area contributed by atoms with Gasteiger partial charge < -0.3 is 0 Å². The summed E-state index contributed by atoms with van der Waals surface area (Å²) in [6.07, 6.45) is -4.32. The largest absolute Gasteiger partial charge is 0.425 e. The third-order valence-corrected chi connectivity index (χ3v) is 1.98. The number of thiophene rings is 1. The molecule has 0 saturated heterocycles. The Morgan fingerprint density at radius 2 is 2.09 bits per heavy atom. The van der Waals surface area contributed by atoms with Gasteiger partial charge in [-0.15, -0.1) is 11.3 Å². The Balaban J connectivity index is 3.01. The zero-order valence-corrected chi connectivity index (χ0v) is 5.96. The molecule has 0 amide bonds. The van der Waals surface area contributed by atoms with E-state index in [0.717, 1.165) is 6.07 Å². The molecule has 1 rings (SSSR count). The Morgan fingerprint density at radius 3 is 2.36 bits per heavy atom. The predicted molar refractivity (Wildman–Crippen MR) is 34.0 cm³/mol. The molecule has 0 unspecified atom stereocenters. The fourth-order valence-corrected chi connectivity index (χ4v) is 1.25. The summed E-state index contributed by atoms with van der Waals surface area (Å²) in [5.41, 5.74) is 0.0577. The third-order valence-electron chi connectivity index (χ3n) is 1.01. The molecule has 0 aliphatic rings. The van der Waals surface area contributed by atoms with E-state index in [1.54, 1.807) is 6.07 Å². The van der Waals surface area contributed by atoms with Crippen molar-refractivity contribution < 1.29 is 13.2 Å². The molecular formula is C6H2F3NS. The van der Waals surface area contributed by atoms with E-state index in [0.29, 0.717) is 11.3 Å². The second kappa shape index (κ2) is 2.55. The van der Waals surface area contributed by atoms with Gasteiger partial charge in [-0.05, 0) is 6.07 Å². The highest BCUT2D eigenvalue weighted by molar-refractivity contribution is 7.10.